The van der Waals surface area contributed by atoms with Crippen molar-refractivity contribution in [1.82, 2.24) is 4.57 Å². The van der Waals surface area contributed by atoms with Crippen LogP contribution in [-0.2, 0) is 6.54 Å². The number of hydrogen-bond donors (Lipinski definition) is 0. The highest BCUT2D eigenvalue weighted by Crippen LogP contribution is 2.26. The number of halogens is 2. The van der Waals surface area contributed by atoms with Crippen molar-refractivity contribution in [2.24, 2.45) is 0 Å². The number of carbonyl (C=O) groups is 1. The molecule has 0 spiro atoms. The minimum Gasteiger partial charge on any atom is -0.497 e. The van der Waals surface area contributed by atoms with Gasteiger partial charge in [0.25, 0.3) is 0 Å². The van der Waals surface area contributed by atoms with Crippen LogP contribution < -0.4 is 4.74 Å². The highest BCUT2D eigenvalue weighted by molar-refractivity contribution is 6.42. The van der Waals surface area contributed by atoms with Gasteiger partial charge < -0.3 is 9.30 Å². The third kappa shape index (κ3) is 4.28. The van der Waals surface area contributed by atoms with Gasteiger partial charge in [-0.25, -0.2) is 0 Å². The third-order valence-corrected chi connectivity index (χ3v) is 5.68. The molecule has 0 radical (unpaired) electrons. The zero-order valence-electron chi connectivity index (χ0n) is 16.3. The van der Waals surface area contributed by atoms with Crippen molar-refractivity contribution in [3.8, 4) is 5.75 Å². The maximum Gasteiger partial charge on any atom is 0.185 e. The standard InChI is InChI=1S/C25H19Cl2NO2/c1-30-20-10-7-18(8-11-20)25(29)13-9-19-16-28(24-5-3-2-4-21(19)24)15-17-6-12-22(26)23(27)14-17/h2-14,16H,15H2,1H3/b13-9+. The first kappa shape index (κ1) is 20.3. The number of benzene rings is 3. The Kier molecular flexibility index (Phi) is 5.93. The molecule has 4 aromatic rings. The molecule has 3 nitrogen and oxygen atoms in total. The van der Waals surface area contributed by atoms with E-state index in [1.807, 2.05) is 36.5 Å². The zero-order valence-corrected chi connectivity index (χ0v) is 17.8. The van der Waals surface area contributed by atoms with Crippen molar-refractivity contribution in [3.05, 3.63) is 106 Å². The number of allylic oxidation sites excluding steroid dienone is 1. The van der Waals surface area contributed by atoms with Crippen molar-refractivity contribution in [2.45, 2.75) is 6.54 Å². The Morgan fingerprint density at radius 3 is 2.50 bits per heavy atom. The number of methoxy groups -OCH3 is 1. The number of ketones is 1. The fourth-order valence-electron chi connectivity index (χ4n) is 3.39. The maximum atomic E-state index is 12.6. The molecule has 0 N–H and O–H groups in total. The molecule has 0 atom stereocenters. The van der Waals surface area contributed by atoms with Crippen LogP contribution in [-0.4, -0.2) is 17.5 Å². The summed E-state index contributed by atoms with van der Waals surface area (Å²) in [5, 5.41) is 2.16. The predicted octanol–water partition coefficient (Wildman–Crippen LogP) is 6.90. The van der Waals surface area contributed by atoms with E-state index < -0.39 is 0 Å². The van der Waals surface area contributed by atoms with Gasteiger partial charge in [0.05, 0.1) is 17.2 Å². The summed E-state index contributed by atoms with van der Waals surface area (Å²) < 4.78 is 7.29. The molecule has 4 rings (SSSR count). The summed E-state index contributed by atoms with van der Waals surface area (Å²) in [4.78, 5) is 12.6. The molecule has 0 amide bonds. The van der Waals surface area contributed by atoms with Crippen molar-refractivity contribution >= 4 is 46.0 Å². The largest absolute Gasteiger partial charge is 0.497 e. The van der Waals surface area contributed by atoms with E-state index in [-0.39, 0.29) is 5.78 Å². The lowest BCUT2D eigenvalue weighted by Crippen LogP contribution is -1.97. The summed E-state index contributed by atoms with van der Waals surface area (Å²) in [6.07, 6.45) is 5.51. The lowest BCUT2D eigenvalue weighted by atomic mass is 10.1. The number of para-hydroxylation sites is 1. The van der Waals surface area contributed by atoms with Gasteiger partial charge in [0.2, 0.25) is 0 Å². The summed E-state index contributed by atoms with van der Waals surface area (Å²) in [6.45, 7) is 0.650. The molecule has 0 unspecified atom stereocenters. The molecule has 0 aliphatic rings. The maximum absolute atomic E-state index is 12.6. The second-order valence-corrected chi connectivity index (χ2v) is 7.72. The van der Waals surface area contributed by atoms with Crippen LogP contribution in [0.2, 0.25) is 10.0 Å². The Morgan fingerprint density at radius 2 is 1.77 bits per heavy atom. The van der Waals surface area contributed by atoms with Crippen molar-refractivity contribution in [2.75, 3.05) is 7.11 Å². The van der Waals surface area contributed by atoms with Crippen LogP contribution in [0.3, 0.4) is 0 Å². The first-order valence-corrected chi connectivity index (χ1v) is 10.2. The molecule has 1 aromatic heterocycles. The lowest BCUT2D eigenvalue weighted by molar-refractivity contribution is 0.104. The van der Waals surface area contributed by atoms with Gasteiger partial charge in [-0.05, 0) is 60.2 Å². The summed E-state index contributed by atoms with van der Waals surface area (Å²) >= 11 is 12.2. The van der Waals surface area contributed by atoms with Gasteiger partial charge >= 0.3 is 0 Å². The van der Waals surface area contributed by atoms with Crippen LogP contribution in [0.4, 0.5) is 0 Å². The second kappa shape index (κ2) is 8.78. The molecule has 0 aliphatic carbocycles. The fraction of sp³-hybridized carbons (Fsp3) is 0.0800. The first-order valence-electron chi connectivity index (χ1n) is 9.43. The SMILES string of the molecule is COc1ccc(C(=O)/C=C/c2cn(Cc3ccc(Cl)c(Cl)c3)c3ccccc23)cc1. The number of rotatable bonds is 6. The minimum absolute atomic E-state index is 0.0565. The van der Waals surface area contributed by atoms with Crippen molar-refractivity contribution in [1.29, 1.82) is 0 Å². The van der Waals surface area contributed by atoms with Gasteiger partial charge in [0.15, 0.2) is 5.78 Å². The number of ether oxygens (including phenoxy) is 1. The molecular weight excluding hydrogens is 417 g/mol. The molecule has 0 saturated heterocycles. The van der Waals surface area contributed by atoms with Gasteiger partial charge in [-0.3, -0.25) is 4.79 Å². The predicted molar refractivity (Wildman–Crippen MR) is 124 cm³/mol. The van der Waals surface area contributed by atoms with E-state index in [4.69, 9.17) is 27.9 Å². The second-order valence-electron chi connectivity index (χ2n) is 6.90. The molecule has 5 heteroatoms. The van der Waals surface area contributed by atoms with Crippen LogP contribution in [0.25, 0.3) is 17.0 Å². The lowest BCUT2D eigenvalue weighted by Gasteiger charge is -2.06. The van der Waals surface area contributed by atoms with Crippen LogP contribution in [0.15, 0.2) is 79.0 Å². The van der Waals surface area contributed by atoms with Gasteiger partial charge in [0.1, 0.15) is 5.75 Å². The number of fused-ring (bicyclic) bond motifs is 1. The topological polar surface area (TPSA) is 31.2 Å². The van der Waals surface area contributed by atoms with Gasteiger partial charge in [0, 0.05) is 34.8 Å². The molecule has 1 heterocycles. The van der Waals surface area contributed by atoms with E-state index >= 15 is 0 Å². The van der Waals surface area contributed by atoms with Crippen LogP contribution in [0, 0.1) is 0 Å². The number of aromatic nitrogens is 1. The van der Waals surface area contributed by atoms with Gasteiger partial charge in [-0.2, -0.15) is 0 Å². The molecule has 0 aliphatic heterocycles. The van der Waals surface area contributed by atoms with Crippen molar-refractivity contribution in [3.63, 3.8) is 0 Å². The molecule has 30 heavy (non-hydrogen) atoms. The average molecular weight is 436 g/mol. The van der Waals surface area contributed by atoms with E-state index in [1.54, 1.807) is 43.5 Å². The molecule has 3 aromatic carbocycles. The average Bonchev–Trinajstić information content (AvgIpc) is 3.12. The van der Waals surface area contributed by atoms with Crippen LogP contribution >= 0.6 is 23.2 Å². The molecule has 0 bridgehead atoms. The summed E-state index contributed by atoms with van der Waals surface area (Å²) in [5.41, 5.74) is 3.73. The Hall–Kier alpha value is -3.01. The monoisotopic (exact) mass is 435 g/mol. The van der Waals surface area contributed by atoms with E-state index in [0.717, 1.165) is 27.8 Å². The van der Waals surface area contributed by atoms with E-state index in [2.05, 4.69) is 16.7 Å². The molecular formula is C25H19Cl2NO2. The summed E-state index contributed by atoms with van der Waals surface area (Å²) in [5.74, 6) is 0.667. The minimum atomic E-state index is -0.0565. The summed E-state index contributed by atoms with van der Waals surface area (Å²) in [6, 6.07) is 20.9. The number of nitrogens with zero attached hydrogens (tertiary/aromatic N) is 1. The van der Waals surface area contributed by atoms with E-state index in [0.29, 0.717) is 22.2 Å². The number of carbonyl (C=O) groups excluding carboxylic acids is 1. The zero-order chi connectivity index (χ0) is 21.1. The Morgan fingerprint density at radius 1 is 1.00 bits per heavy atom. The van der Waals surface area contributed by atoms with Crippen LogP contribution in [0.1, 0.15) is 21.5 Å². The molecule has 0 fully saturated rings. The van der Waals surface area contributed by atoms with Crippen molar-refractivity contribution < 1.29 is 9.53 Å². The Balaban J connectivity index is 1.63. The quantitative estimate of drug-likeness (QED) is 0.243. The van der Waals surface area contributed by atoms with E-state index in [9.17, 15) is 4.79 Å². The highest BCUT2D eigenvalue weighted by Gasteiger charge is 2.09. The van der Waals surface area contributed by atoms with E-state index in [1.165, 1.54) is 0 Å². The highest BCUT2D eigenvalue weighted by atomic mass is 35.5. The number of hydrogen-bond acceptors (Lipinski definition) is 2. The van der Waals surface area contributed by atoms with Crippen LogP contribution in [0.5, 0.6) is 5.75 Å². The summed E-state index contributed by atoms with van der Waals surface area (Å²) in [7, 11) is 1.60. The van der Waals surface area contributed by atoms with Gasteiger partial charge in [-0.1, -0.05) is 47.5 Å². The van der Waals surface area contributed by atoms with Gasteiger partial charge in [-0.15, -0.1) is 0 Å². The molecule has 150 valence electrons. The molecule has 0 saturated carbocycles. The first-order chi connectivity index (χ1) is 14.5. The normalized spacial score (nSPS) is 11.3. The smallest absolute Gasteiger partial charge is 0.185 e. The fourth-order valence-corrected chi connectivity index (χ4v) is 3.71. The third-order valence-electron chi connectivity index (χ3n) is 4.95. The Labute approximate surface area is 185 Å². The Bertz CT molecular complexity index is 1240.